The Labute approximate surface area is 227 Å². The van der Waals surface area contributed by atoms with Crippen molar-refractivity contribution < 1.29 is 36.3 Å². The van der Waals surface area contributed by atoms with Crippen molar-refractivity contribution in [3.63, 3.8) is 0 Å². The van der Waals surface area contributed by atoms with Crippen LogP contribution in [-0.2, 0) is 21.4 Å². The molecule has 0 bridgehead atoms. The van der Waals surface area contributed by atoms with Crippen LogP contribution in [0.4, 0.5) is 18.0 Å². The van der Waals surface area contributed by atoms with Crippen molar-refractivity contribution in [3.8, 4) is 0 Å². The Bertz CT molecular complexity index is 1320. The minimum absolute atomic E-state index is 0.0800. The van der Waals surface area contributed by atoms with Crippen LogP contribution in [0.5, 0.6) is 0 Å². The van der Waals surface area contributed by atoms with Crippen LogP contribution in [0, 0.1) is 0 Å². The van der Waals surface area contributed by atoms with Gasteiger partial charge in [0, 0.05) is 32.1 Å². The molecule has 2 aromatic carbocycles. The predicted molar refractivity (Wildman–Crippen MR) is 135 cm³/mol. The Balaban J connectivity index is 1.69. The minimum Gasteiger partial charge on any atom is -0.465 e. The Hall–Kier alpha value is -2.87. The largest absolute Gasteiger partial charge is 0.465 e. The summed E-state index contributed by atoms with van der Waals surface area (Å²) in [5.74, 6) is -0.281. The number of alkyl halides is 3. The molecule has 9 nitrogen and oxygen atoms in total. The fourth-order valence-electron chi connectivity index (χ4n) is 3.76. The van der Waals surface area contributed by atoms with Crippen LogP contribution in [0.25, 0.3) is 0 Å². The molecule has 0 saturated carbocycles. The monoisotopic (exact) mass is 594 g/mol. The summed E-state index contributed by atoms with van der Waals surface area (Å²) in [5.41, 5.74) is 1.24. The van der Waals surface area contributed by atoms with Gasteiger partial charge in [-0.2, -0.15) is 17.5 Å². The number of hydrogen-bond acceptors (Lipinski definition) is 5. The molecule has 1 aliphatic heterocycles. The number of amides is 2. The summed E-state index contributed by atoms with van der Waals surface area (Å²) < 4.78 is 65.8. The lowest BCUT2D eigenvalue weighted by Crippen LogP contribution is -2.41. The first-order chi connectivity index (χ1) is 17.7. The van der Waals surface area contributed by atoms with E-state index in [0.717, 1.165) is 4.90 Å². The molecule has 0 aliphatic carbocycles. The molecule has 0 fully saturated rings. The van der Waals surface area contributed by atoms with E-state index in [1.807, 2.05) is 0 Å². The third-order valence-electron chi connectivity index (χ3n) is 5.58. The number of benzene rings is 2. The second-order valence-electron chi connectivity index (χ2n) is 8.34. The van der Waals surface area contributed by atoms with E-state index in [0.29, 0.717) is 23.5 Å². The first-order valence-electron chi connectivity index (χ1n) is 11.1. The van der Waals surface area contributed by atoms with Crippen LogP contribution in [0.3, 0.4) is 0 Å². The molecule has 0 atom stereocenters. The number of rotatable bonds is 9. The van der Waals surface area contributed by atoms with Gasteiger partial charge in [-0.15, -0.1) is 0 Å². The van der Waals surface area contributed by atoms with E-state index in [-0.39, 0.29) is 27.4 Å². The van der Waals surface area contributed by atoms with E-state index < -0.39 is 52.6 Å². The highest BCUT2D eigenvalue weighted by molar-refractivity contribution is 7.89. The van der Waals surface area contributed by atoms with E-state index in [4.69, 9.17) is 23.2 Å². The maximum Gasteiger partial charge on any atom is 0.413 e. The Kier molecular flexibility index (Phi) is 9.29. The molecule has 1 N–H and O–H groups in total. The van der Waals surface area contributed by atoms with Crippen molar-refractivity contribution in [2.24, 2.45) is 4.99 Å². The van der Waals surface area contributed by atoms with E-state index in [9.17, 15) is 36.3 Å². The summed E-state index contributed by atoms with van der Waals surface area (Å²) >= 11 is 11.8. The number of amidine groups is 1. The summed E-state index contributed by atoms with van der Waals surface area (Å²) in [5, 5.41) is 8.58. The maximum absolute atomic E-state index is 13.2. The summed E-state index contributed by atoms with van der Waals surface area (Å²) in [7, 11) is -3.35. The van der Waals surface area contributed by atoms with Gasteiger partial charge in [0.05, 0.1) is 23.1 Å². The molecule has 1 aliphatic rings. The lowest BCUT2D eigenvalue weighted by molar-refractivity contribution is -0.139. The van der Waals surface area contributed by atoms with Gasteiger partial charge in [0.2, 0.25) is 15.9 Å². The third kappa shape index (κ3) is 7.16. The van der Waals surface area contributed by atoms with Gasteiger partial charge in [0.15, 0.2) is 0 Å². The number of hydrogen-bond donors (Lipinski definition) is 1. The first-order valence-corrected chi connectivity index (χ1v) is 13.3. The summed E-state index contributed by atoms with van der Waals surface area (Å²) in [4.78, 5) is 29.9. The first kappa shape index (κ1) is 29.7. The summed E-state index contributed by atoms with van der Waals surface area (Å²) in [6, 6.07) is 10.4. The minimum atomic E-state index is -4.88. The van der Waals surface area contributed by atoms with Crippen LogP contribution < -0.4 is 0 Å². The summed E-state index contributed by atoms with van der Waals surface area (Å²) in [6.07, 6.45) is -6.53. The number of halogens is 5. The highest BCUT2D eigenvalue weighted by Gasteiger charge is 2.39. The van der Waals surface area contributed by atoms with Gasteiger partial charge in [0.25, 0.3) is 0 Å². The molecule has 0 unspecified atom stereocenters. The van der Waals surface area contributed by atoms with Crippen molar-refractivity contribution in [1.82, 2.24) is 14.1 Å². The molecule has 3 rings (SSSR count). The standard InChI is InChI=1S/C23H23Cl2F3N4O5S/c1-30(13-15-5-7-16(8-6-15)21-29-10-12-32(21)22(34)35)19(33)9-11-31(14-23(26,27)28)38(36,37)20-17(24)3-2-4-18(20)25/h2-8H,9-14H2,1H3,(H,34,35). The van der Waals surface area contributed by atoms with E-state index >= 15 is 0 Å². The zero-order valence-electron chi connectivity index (χ0n) is 20.0. The molecule has 2 amide bonds. The van der Waals surface area contributed by atoms with Crippen molar-refractivity contribution in [1.29, 1.82) is 0 Å². The van der Waals surface area contributed by atoms with Crippen molar-refractivity contribution in [2.75, 3.05) is 33.2 Å². The quantitative estimate of drug-likeness (QED) is 0.464. The average molecular weight is 595 g/mol. The molecule has 1 heterocycles. The van der Waals surface area contributed by atoms with Crippen LogP contribution in [0.15, 0.2) is 52.4 Å². The number of nitrogens with zero attached hydrogens (tertiary/aromatic N) is 4. The molecule has 0 aromatic heterocycles. The van der Waals surface area contributed by atoms with Gasteiger partial charge in [-0.25, -0.2) is 13.2 Å². The highest BCUT2D eigenvalue weighted by Crippen LogP contribution is 2.33. The predicted octanol–water partition coefficient (Wildman–Crippen LogP) is 4.34. The van der Waals surface area contributed by atoms with Gasteiger partial charge < -0.3 is 10.0 Å². The SMILES string of the molecule is CN(Cc1ccc(C2=NCCN2C(=O)O)cc1)C(=O)CCN(CC(F)(F)F)S(=O)(=O)c1c(Cl)cccc1Cl. The Morgan fingerprint density at radius 3 is 2.26 bits per heavy atom. The van der Waals surface area contributed by atoms with Crippen LogP contribution in [-0.4, -0.2) is 84.9 Å². The van der Waals surface area contributed by atoms with Gasteiger partial charge in [0.1, 0.15) is 17.3 Å². The Morgan fingerprint density at radius 1 is 1.11 bits per heavy atom. The molecule has 206 valence electrons. The fourth-order valence-corrected chi connectivity index (χ4v) is 6.27. The summed E-state index contributed by atoms with van der Waals surface area (Å²) in [6.45, 7) is -1.89. The highest BCUT2D eigenvalue weighted by atomic mass is 35.5. The maximum atomic E-state index is 13.2. The van der Waals surface area contributed by atoms with E-state index in [2.05, 4.69) is 4.99 Å². The lowest BCUT2D eigenvalue weighted by Gasteiger charge is -2.25. The zero-order valence-corrected chi connectivity index (χ0v) is 22.3. The fraction of sp³-hybridized carbons (Fsp3) is 0.348. The van der Waals surface area contributed by atoms with Gasteiger partial charge in [-0.1, -0.05) is 53.5 Å². The van der Waals surface area contributed by atoms with Crippen LogP contribution in [0.2, 0.25) is 10.0 Å². The second-order valence-corrected chi connectivity index (χ2v) is 11.0. The van der Waals surface area contributed by atoms with Crippen molar-refractivity contribution >= 4 is 51.1 Å². The average Bonchev–Trinajstić information content (AvgIpc) is 3.31. The molecular formula is C23H23Cl2F3N4O5S. The van der Waals surface area contributed by atoms with Crippen molar-refractivity contribution in [3.05, 3.63) is 63.6 Å². The van der Waals surface area contributed by atoms with Crippen LogP contribution in [0.1, 0.15) is 17.5 Å². The molecule has 15 heteroatoms. The topological polar surface area (TPSA) is 111 Å². The van der Waals surface area contributed by atoms with Gasteiger partial charge in [-0.3, -0.25) is 14.7 Å². The molecule has 2 aromatic rings. The smallest absolute Gasteiger partial charge is 0.413 e. The molecule has 0 saturated heterocycles. The molecule has 38 heavy (non-hydrogen) atoms. The third-order valence-corrected chi connectivity index (χ3v) is 8.38. The van der Waals surface area contributed by atoms with Crippen LogP contribution >= 0.6 is 23.2 Å². The molecular weight excluding hydrogens is 572 g/mol. The van der Waals surface area contributed by atoms with Gasteiger partial charge in [-0.05, 0) is 17.7 Å². The van der Waals surface area contributed by atoms with E-state index in [1.54, 1.807) is 24.3 Å². The number of carbonyl (C=O) groups excluding carboxylic acids is 1. The zero-order chi connectivity index (χ0) is 28.3. The number of carboxylic acid groups (broad SMARTS) is 1. The number of aliphatic imine (C=N–C) groups is 1. The molecule has 0 radical (unpaired) electrons. The lowest BCUT2D eigenvalue weighted by atomic mass is 10.1. The Morgan fingerprint density at radius 2 is 1.71 bits per heavy atom. The van der Waals surface area contributed by atoms with Crippen molar-refractivity contribution in [2.45, 2.75) is 24.0 Å². The normalized spacial score (nSPS) is 14.1. The second kappa shape index (κ2) is 11.9. The number of carbonyl (C=O) groups is 2. The molecule has 0 spiro atoms. The van der Waals surface area contributed by atoms with E-state index in [1.165, 1.54) is 30.1 Å². The number of sulfonamides is 1. The van der Waals surface area contributed by atoms with Gasteiger partial charge >= 0.3 is 12.3 Å².